The lowest BCUT2D eigenvalue weighted by Crippen LogP contribution is -2.00. The van der Waals surface area contributed by atoms with Gasteiger partial charge < -0.3 is 5.32 Å². The molecule has 4 nitrogen and oxygen atoms in total. The first-order chi connectivity index (χ1) is 10.2. The molecule has 5 heteroatoms. The predicted octanol–water partition coefficient (Wildman–Crippen LogP) is 3.84. The van der Waals surface area contributed by atoms with Crippen LogP contribution in [0.25, 0.3) is 11.3 Å². The van der Waals surface area contributed by atoms with Gasteiger partial charge in [-0.1, -0.05) is 23.7 Å². The predicted molar refractivity (Wildman–Crippen MR) is 82.4 cm³/mol. The number of rotatable bonds is 3. The van der Waals surface area contributed by atoms with Gasteiger partial charge in [-0.05, 0) is 37.3 Å². The molecule has 3 rings (SSSR count). The average molecular weight is 295 g/mol. The van der Waals surface area contributed by atoms with Gasteiger partial charge in [0.05, 0.1) is 28.3 Å². The SMILES string of the molecule is Cc1ncccc1Nc1ncc(Cl)c(-c2cc#ccc2)n1. The second kappa shape index (κ2) is 5.78. The van der Waals surface area contributed by atoms with Crippen LogP contribution in [0, 0.1) is 19.1 Å². The van der Waals surface area contributed by atoms with Crippen molar-refractivity contribution in [3.63, 3.8) is 0 Å². The first-order valence-electron chi connectivity index (χ1n) is 6.33. The minimum Gasteiger partial charge on any atom is -0.323 e. The van der Waals surface area contributed by atoms with Gasteiger partial charge in [-0.15, -0.1) is 0 Å². The Balaban J connectivity index is 1.97. The van der Waals surface area contributed by atoms with E-state index in [-0.39, 0.29) is 0 Å². The molecule has 0 aliphatic heterocycles. The number of nitrogens with zero attached hydrogens (tertiary/aromatic N) is 3. The van der Waals surface area contributed by atoms with Crippen LogP contribution in [0.2, 0.25) is 5.02 Å². The topological polar surface area (TPSA) is 50.7 Å². The van der Waals surface area contributed by atoms with Crippen LogP contribution in [0.4, 0.5) is 11.6 Å². The van der Waals surface area contributed by atoms with Crippen molar-refractivity contribution in [3.8, 4) is 11.3 Å². The molecule has 0 atom stereocenters. The summed E-state index contributed by atoms with van der Waals surface area (Å²) in [4.78, 5) is 12.9. The van der Waals surface area contributed by atoms with E-state index in [0.717, 1.165) is 16.9 Å². The zero-order valence-corrected chi connectivity index (χ0v) is 12.0. The largest absolute Gasteiger partial charge is 0.323 e. The number of hydrogen-bond acceptors (Lipinski definition) is 4. The number of anilines is 2. The summed E-state index contributed by atoms with van der Waals surface area (Å²) < 4.78 is 0. The number of nitrogens with one attached hydrogen (secondary N) is 1. The van der Waals surface area contributed by atoms with Crippen molar-refractivity contribution >= 4 is 23.2 Å². The van der Waals surface area contributed by atoms with Gasteiger partial charge in [-0.25, -0.2) is 9.97 Å². The normalized spacial score (nSPS) is 10.0. The van der Waals surface area contributed by atoms with E-state index >= 15 is 0 Å². The van der Waals surface area contributed by atoms with E-state index in [1.807, 2.05) is 25.1 Å². The zero-order valence-electron chi connectivity index (χ0n) is 11.3. The van der Waals surface area contributed by atoms with Crippen LogP contribution in [-0.2, 0) is 0 Å². The Morgan fingerprint density at radius 3 is 2.86 bits per heavy atom. The van der Waals surface area contributed by atoms with Gasteiger partial charge in [0, 0.05) is 11.8 Å². The quantitative estimate of drug-likeness (QED) is 0.797. The fraction of sp³-hybridized carbons (Fsp3) is 0.0625. The lowest BCUT2D eigenvalue weighted by Gasteiger charge is -2.09. The Morgan fingerprint density at radius 1 is 1.19 bits per heavy atom. The highest BCUT2D eigenvalue weighted by Gasteiger charge is 2.08. The molecular formula is C16H11ClN4. The number of aromatic nitrogens is 3. The summed E-state index contributed by atoms with van der Waals surface area (Å²) >= 11 is 6.18. The molecule has 0 radical (unpaired) electrons. The Kier molecular flexibility index (Phi) is 3.67. The van der Waals surface area contributed by atoms with Crippen molar-refractivity contribution in [2.75, 3.05) is 5.32 Å². The van der Waals surface area contributed by atoms with Crippen LogP contribution >= 0.6 is 11.6 Å². The number of halogens is 1. The zero-order chi connectivity index (χ0) is 14.7. The number of pyridine rings is 1. The van der Waals surface area contributed by atoms with Gasteiger partial charge in [0.25, 0.3) is 0 Å². The fourth-order valence-electron chi connectivity index (χ4n) is 1.86. The van der Waals surface area contributed by atoms with Crippen LogP contribution in [0.5, 0.6) is 0 Å². The molecule has 2 heterocycles. The molecule has 102 valence electrons. The highest BCUT2D eigenvalue weighted by Crippen LogP contribution is 2.26. The smallest absolute Gasteiger partial charge is 0.227 e. The Hall–Kier alpha value is -2.64. The molecular weight excluding hydrogens is 284 g/mol. The van der Waals surface area contributed by atoms with Crippen molar-refractivity contribution in [1.29, 1.82) is 0 Å². The molecule has 0 saturated carbocycles. The van der Waals surface area contributed by atoms with Gasteiger partial charge in [-0.2, -0.15) is 0 Å². The minimum atomic E-state index is 0.471. The molecule has 2 aromatic heterocycles. The molecule has 0 saturated heterocycles. The van der Waals surface area contributed by atoms with Gasteiger partial charge in [0.1, 0.15) is 0 Å². The molecule has 0 spiro atoms. The maximum Gasteiger partial charge on any atom is 0.227 e. The van der Waals surface area contributed by atoms with Crippen LogP contribution in [0.15, 0.2) is 42.7 Å². The van der Waals surface area contributed by atoms with Crippen LogP contribution in [-0.4, -0.2) is 15.0 Å². The van der Waals surface area contributed by atoms with Gasteiger partial charge in [0.15, 0.2) is 0 Å². The second-order valence-electron chi connectivity index (χ2n) is 4.37. The fourth-order valence-corrected chi connectivity index (χ4v) is 2.06. The first-order valence-corrected chi connectivity index (χ1v) is 6.71. The molecule has 0 amide bonds. The lowest BCUT2D eigenvalue weighted by atomic mass is 10.2. The molecule has 0 aliphatic rings. The molecule has 1 aromatic carbocycles. The first kappa shape index (κ1) is 13.3. The van der Waals surface area contributed by atoms with E-state index in [0.29, 0.717) is 16.7 Å². The average Bonchev–Trinajstić information content (AvgIpc) is 2.52. The highest BCUT2D eigenvalue weighted by atomic mass is 35.5. The van der Waals surface area contributed by atoms with Crippen LogP contribution in [0.1, 0.15) is 5.69 Å². The van der Waals surface area contributed by atoms with Gasteiger partial charge in [0.2, 0.25) is 5.95 Å². The summed E-state index contributed by atoms with van der Waals surface area (Å²) in [7, 11) is 0. The molecule has 21 heavy (non-hydrogen) atoms. The molecule has 0 fully saturated rings. The van der Waals surface area contributed by atoms with E-state index in [2.05, 4.69) is 32.4 Å². The summed E-state index contributed by atoms with van der Waals surface area (Å²) in [5.74, 6) is 0.471. The second-order valence-corrected chi connectivity index (χ2v) is 4.78. The molecule has 3 aromatic rings. The molecule has 0 unspecified atom stereocenters. The Bertz CT molecular complexity index is 759. The summed E-state index contributed by atoms with van der Waals surface area (Å²) in [6, 6.07) is 15.0. The summed E-state index contributed by atoms with van der Waals surface area (Å²) in [5.41, 5.74) is 3.26. The maximum atomic E-state index is 6.18. The van der Waals surface area contributed by atoms with Crippen LogP contribution < -0.4 is 5.32 Å². The van der Waals surface area contributed by atoms with Crippen molar-refractivity contribution in [3.05, 3.63) is 65.6 Å². The third-order valence-electron chi connectivity index (χ3n) is 2.93. The summed E-state index contributed by atoms with van der Waals surface area (Å²) in [6.07, 6.45) is 3.32. The van der Waals surface area contributed by atoms with E-state index in [9.17, 15) is 0 Å². The summed E-state index contributed by atoms with van der Waals surface area (Å²) in [5, 5.41) is 3.64. The van der Waals surface area contributed by atoms with Crippen LogP contribution in [0.3, 0.4) is 0 Å². The molecule has 0 aliphatic carbocycles. The standard InChI is InChI=1S/C16H11ClN4/c1-11-14(8-5-9-18-11)20-16-19-10-13(17)15(21-16)12-6-3-2-4-7-12/h3,5-10H,1H3,(H,19,20,21). The van der Waals surface area contributed by atoms with Crippen molar-refractivity contribution in [2.45, 2.75) is 6.92 Å². The Labute approximate surface area is 127 Å². The van der Waals surface area contributed by atoms with E-state index < -0.39 is 0 Å². The third kappa shape index (κ3) is 2.93. The molecule has 1 N–H and O–H groups in total. The van der Waals surface area contributed by atoms with E-state index in [1.165, 1.54) is 0 Å². The van der Waals surface area contributed by atoms with Gasteiger partial charge >= 0.3 is 0 Å². The highest BCUT2D eigenvalue weighted by molar-refractivity contribution is 6.32. The Morgan fingerprint density at radius 2 is 2.10 bits per heavy atom. The third-order valence-corrected chi connectivity index (χ3v) is 3.20. The number of aryl methyl sites for hydroxylation is 1. The lowest BCUT2D eigenvalue weighted by molar-refractivity contribution is 1.14. The van der Waals surface area contributed by atoms with Gasteiger partial charge in [-0.3, -0.25) is 4.98 Å². The summed E-state index contributed by atoms with van der Waals surface area (Å²) in [6.45, 7) is 1.92. The van der Waals surface area contributed by atoms with E-state index in [4.69, 9.17) is 11.6 Å². The van der Waals surface area contributed by atoms with Crippen molar-refractivity contribution in [1.82, 2.24) is 15.0 Å². The number of hydrogen-bond donors (Lipinski definition) is 1. The van der Waals surface area contributed by atoms with E-state index in [1.54, 1.807) is 24.5 Å². The van der Waals surface area contributed by atoms with Crippen molar-refractivity contribution in [2.24, 2.45) is 0 Å². The van der Waals surface area contributed by atoms with Crippen molar-refractivity contribution < 1.29 is 0 Å². The molecule has 0 bridgehead atoms. The maximum absolute atomic E-state index is 6.18. The minimum absolute atomic E-state index is 0.471. The monoisotopic (exact) mass is 294 g/mol.